The van der Waals surface area contributed by atoms with Crippen LogP contribution in [0.25, 0.3) is 0 Å². The van der Waals surface area contributed by atoms with Crippen LogP contribution >= 0.6 is 104 Å². The molecule has 0 saturated heterocycles. The van der Waals surface area contributed by atoms with Gasteiger partial charge >= 0.3 is 0 Å². The van der Waals surface area contributed by atoms with E-state index in [0.29, 0.717) is 0 Å². The normalized spacial score (nSPS) is 15.9. The monoisotopic (exact) mass is 379 g/mol. The maximum atomic E-state index is 11.3. The summed E-state index contributed by atoms with van der Waals surface area (Å²) in [6, 6.07) is 0. The number of alkyl halides is 9. The van der Waals surface area contributed by atoms with E-state index in [1.165, 1.54) is 0 Å². The van der Waals surface area contributed by atoms with Crippen molar-refractivity contribution in [2.75, 3.05) is 0 Å². The number of hydrogen-bond donors (Lipinski definition) is 0. The van der Waals surface area contributed by atoms with Crippen LogP contribution in [-0.2, 0) is 5.11 Å². The van der Waals surface area contributed by atoms with Crippen LogP contribution in [0.1, 0.15) is 0 Å². The summed E-state index contributed by atoms with van der Waals surface area (Å²) >= 11 is 48.3. The fourth-order valence-electron chi connectivity index (χ4n) is 0.491. The first-order valence-corrected chi connectivity index (χ1v) is 6.06. The molecule has 10 heteroatoms. The van der Waals surface area contributed by atoms with Crippen molar-refractivity contribution >= 4 is 104 Å². The third-order valence-corrected chi connectivity index (χ3v) is 5.06. The van der Waals surface area contributed by atoms with Crippen LogP contribution in [-0.4, -0.2) is 17.0 Å². The Hall–Kier alpha value is 2.57. The summed E-state index contributed by atoms with van der Waals surface area (Å²) in [5, 5.41) is 11.3. The number of rotatable bonds is 1. The Morgan fingerprint density at radius 2 is 0.786 bits per heavy atom. The minimum absolute atomic E-state index is 2.47. The molecule has 0 spiro atoms. The minimum Gasteiger partial charge on any atom is -0.191 e. The van der Waals surface area contributed by atoms with Crippen LogP contribution in [0.2, 0.25) is 0 Å². The van der Waals surface area contributed by atoms with Crippen LogP contribution < -0.4 is 0 Å². The lowest BCUT2D eigenvalue weighted by molar-refractivity contribution is 0.0822. The van der Waals surface area contributed by atoms with Crippen LogP contribution in [0.5, 0.6) is 0 Å². The Morgan fingerprint density at radius 1 is 0.571 bits per heavy atom. The van der Waals surface area contributed by atoms with Crippen molar-refractivity contribution in [3.8, 4) is 0 Å². The van der Waals surface area contributed by atoms with Gasteiger partial charge in [-0.15, -0.1) is 11.6 Å². The van der Waals surface area contributed by atoms with Crippen molar-refractivity contribution < 1.29 is 5.11 Å². The first-order valence-electron chi connectivity index (χ1n) is 2.65. The van der Waals surface area contributed by atoms with Crippen molar-refractivity contribution in [3.05, 3.63) is 0 Å². The van der Waals surface area contributed by atoms with Crippen molar-refractivity contribution in [1.29, 1.82) is 0 Å². The fourth-order valence-corrected chi connectivity index (χ4v) is 3.72. The van der Waals surface area contributed by atoms with Gasteiger partial charge in [0.2, 0.25) is 7.59 Å². The molecule has 0 amide bonds. The smallest absolute Gasteiger partial charge is 0.191 e. The molecule has 14 heavy (non-hydrogen) atoms. The quantitative estimate of drug-likeness (QED) is 0.550. The Kier molecular flexibility index (Phi) is 5.54. The van der Waals surface area contributed by atoms with E-state index in [2.05, 4.69) is 0 Å². The molecule has 0 saturated carbocycles. The van der Waals surface area contributed by atoms with E-state index in [1.807, 2.05) is 0 Å². The molecular weight excluding hydrogens is 383 g/mol. The molecule has 1 nitrogen and oxygen atoms in total. The van der Waals surface area contributed by atoms with Gasteiger partial charge in [-0.2, -0.15) is 5.11 Å². The molecule has 0 heterocycles. The molecule has 1 radical (unpaired) electrons. The summed E-state index contributed by atoms with van der Waals surface area (Å²) in [5.41, 5.74) is 0. The predicted molar refractivity (Wildman–Crippen MR) is 64.3 cm³/mol. The topological polar surface area (TPSA) is 19.9 Å². The second-order valence-corrected chi connectivity index (χ2v) is 8.56. The summed E-state index contributed by atoms with van der Waals surface area (Å²) < 4.78 is -7.94. The van der Waals surface area contributed by atoms with Gasteiger partial charge < -0.3 is 0 Å². The summed E-state index contributed by atoms with van der Waals surface area (Å²) in [7, 11) is 0. The van der Waals surface area contributed by atoms with Crippen molar-refractivity contribution in [2.24, 2.45) is 0 Å². The Morgan fingerprint density at radius 3 is 0.786 bits per heavy atom. The lowest BCUT2D eigenvalue weighted by Crippen LogP contribution is -2.59. The minimum atomic E-state index is -3.01. The first-order chi connectivity index (χ1) is 5.75. The summed E-state index contributed by atoms with van der Waals surface area (Å²) in [6.07, 6.45) is 0. The molecule has 0 N–H and O–H groups in total. The zero-order chi connectivity index (χ0) is 12.0. The van der Waals surface area contributed by atoms with E-state index < -0.39 is 17.0 Å². The molecule has 0 fully saturated rings. The largest absolute Gasteiger partial charge is 0.277 e. The highest BCUT2D eigenvalue weighted by Gasteiger charge is 2.71. The summed E-state index contributed by atoms with van der Waals surface area (Å²) in [5.74, 6) is 0. The fraction of sp³-hybridized carbons (Fsp3) is 1.00. The van der Waals surface area contributed by atoms with Gasteiger partial charge in [-0.1, -0.05) is 92.8 Å². The van der Waals surface area contributed by atoms with E-state index in [0.717, 1.165) is 0 Å². The summed E-state index contributed by atoms with van der Waals surface area (Å²) in [4.78, 5) is -2.65. The van der Waals surface area contributed by atoms with Crippen molar-refractivity contribution in [3.63, 3.8) is 0 Å². The molecular formula is C4Cl9O. The maximum absolute atomic E-state index is 11.3. The third kappa shape index (κ3) is 3.07. The van der Waals surface area contributed by atoms with Gasteiger partial charge in [-0.05, 0) is 0 Å². The Bertz CT molecular complexity index is 170. The summed E-state index contributed by atoms with van der Waals surface area (Å²) in [6.45, 7) is 0. The molecule has 0 aromatic rings. The van der Waals surface area contributed by atoms with E-state index >= 15 is 0 Å². The Balaban J connectivity index is 5.54. The van der Waals surface area contributed by atoms with Crippen molar-refractivity contribution in [2.45, 2.75) is 17.0 Å². The van der Waals surface area contributed by atoms with Crippen LogP contribution in [0.3, 0.4) is 0 Å². The lowest BCUT2D eigenvalue weighted by Gasteiger charge is -2.42. The standard InChI is InChI=1S/C4Cl9O/c5-1(2(6,7)8,3(9,10)11)4(12,13)14. The highest BCUT2D eigenvalue weighted by atomic mass is 35.6. The molecule has 0 unspecified atom stereocenters. The van der Waals surface area contributed by atoms with Gasteiger partial charge in [-0.3, -0.25) is 0 Å². The SMILES string of the molecule is [O]C(Cl)(Cl)C(Cl)(C(Cl)(Cl)Cl)C(Cl)(Cl)Cl. The second-order valence-electron chi connectivity index (χ2n) is 2.17. The Labute approximate surface area is 125 Å². The molecule has 0 atom stereocenters. The average Bonchev–Trinajstić information content (AvgIpc) is 1.77. The zero-order valence-corrected chi connectivity index (χ0v) is 12.6. The predicted octanol–water partition coefficient (Wildman–Crippen LogP) is 5.27. The molecule has 85 valence electrons. The van der Waals surface area contributed by atoms with Gasteiger partial charge in [0.1, 0.15) is 0 Å². The molecule has 0 aromatic carbocycles. The van der Waals surface area contributed by atoms with Crippen molar-refractivity contribution in [1.82, 2.24) is 0 Å². The van der Waals surface area contributed by atoms with E-state index in [4.69, 9.17) is 104 Å². The molecule has 0 aliphatic heterocycles. The van der Waals surface area contributed by atoms with Crippen LogP contribution in [0.15, 0.2) is 0 Å². The van der Waals surface area contributed by atoms with Gasteiger partial charge in [0, 0.05) is 0 Å². The van der Waals surface area contributed by atoms with Gasteiger partial charge in [0.25, 0.3) is 4.52 Å². The molecule has 0 rings (SSSR count). The lowest BCUT2D eigenvalue weighted by atomic mass is 10.2. The second kappa shape index (κ2) is 4.68. The highest BCUT2D eigenvalue weighted by molar-refractivity contribution is 6.79. The van der Waals surface area contributed by atoms with Gasteiger partial charge in [0.15, 0.2) is 4.87 Å². The van der Waals surface area contributed by atoms with Crippen LogP contribution in [0.4, 0.5) is 0 Å². The molecule has 0 aliphatic rings. The number of halogens is 9. The van der Waals surface area contributed by atoms with E-state index in [1.54, 1.807) is 0 Å². The van der Waals surface area contributed by atoms with Gasteiger partial charge in [-0.25, -0.2) is 0 Å². The third-order valence-electron chi connectivity index (χ3n) is 1.18. The molecule has 0 aliphatic carbocycles. The van der Waals surface area contributed by atoms with E-state index in [9.17, 15) is 5.11 Å². The van der Waals surface area contributed by atoms with Gasteiger partial charge in [0.05, 0.1) is 0 Å². The first kappa shape index (κ1) is 16.6. The molecule has 0 aromatic heterocycles. The molecule has 0 bridgehead atoms. The average molecular weight is 383 g/mol. The van der Waals surface area contributed by atoms with E-state index in [-0.39, 0.29) is 0 Å². The number of hydrogen-bond acceptors (Lipinski definition) is 0. The zero-order valence-electron chi connectivity index (χ0n) is 5.81. The van der Waals surface area contributed by atoms with Crippen LogP contribution in [0, 0.1) is 0 Å². The highest BCUT2D eigenvalue weighted by Crippen LogP contribution is 2.62. The maximum Gasteiger partial charge on any atom is 0.277 e.